The Morgan fingerprint density at radius 2 is 1.76 bits per heavy atom. The lowest BCUT2D eigenvalue weighted by Crippen LogP contribution is -2.34. The maximum absolute atomic E-state index is 12.7. The van der Waals surface area contributed by atoms with Crippen molar-refractivity contribution < 1.29 is 18.0 Å². The van der Waals surface area contributed by atoms with Crippen LogP contribution in [0.25, 0.3) is 0 Å². The summed E-state index contributed by atoms with van der Waals surface area (Å²) in [5.41, 5.74) is 0.937. The number of hydrogen-bond acceptors (Lipinski definition) is 5. The van der Waals surface area contributed by atoms with Gasteiger partial charge in [0, 0.05) is 44.0 Å². The molecule has 0 spiro atoms. The molecule has 0 bridgehead atoms. The number of benzene rings is 1. The maximum atomic E-state index is 12.7. The van der Waals surface area contributed by atoms with Crippen LogP contribution in [0.2, 0.25) is 0 Å². The molecular weight excluding hydrogens is 444 g/mol. The van der Waals surface area contributed by atoms with Gasteiger partial charge in [-0.15, -0.1) is 0 Å². The van der Waals surface area contributed by atoms with Crippen LogP contribution in [0, 0.1) is 5.92 Å². The van der Waals surface area contributed by atoms with Crippen molar-refractivity contribution in [2.45, 2.75) is 52.1 Å². The molecule has 0 unspecified atom stereocenters. The van der Waals surface area contributed by atoms with E-state index in [-0.39, 0.29) is 29.8 Å². The summed E-state index contributed by atoms with van der Waals surface area (Å²) in [6.07, 6.45) is 1.61. The molecule has 2 amide bonds. The van der Waals surface area contributed by atoms with Crippen molar-refractivity contribution in [2.75, 3.05) is 18.4 Å². The molecule has 1 heterocycles. The SMILES string of the molecule is CCN(CC)S(=O)(=O)c1ccc(=O)n(CC(=O)NCc2cccc(NC(=O)CC(C)C)c2)c1. The normalized spacial score (nSPS) is 11.6. The number of amides is 2. The second-order valence-electron chi connectivity index (χ2n) is 8.04. The first-order valence-corrected chi connectivity index (χ1v) is 12.4. The number of nitrogens with one attached hydrogen (secondary N) is 2. The number of rotatable bonds is 11. The molecule has 180 valence electrons. The molecule has 9 nitrogen and oxygen atoms in total. The van der Waals surface area contributed by atoms with Gasteiger partial charge >= 0.3 is 0 Å². The molecule has 0 fully saturated rings. The Balaban J connectivity index is 2.05. The van der Waals surface area contributed by atoms with E-state index in [0.29, 0.717) is 25.2 Å². The van der Waals surface area contributed by atoms with Crippen LogP contribution in [0.1, 0.15) is 39.7 Å². The van der Waals surface area contributed by atoms with Crippen LogP contribution in [0.4, 0.5) is 5.69 Å². The number of anilines is 1. The molecule has 2 rings (SSSR count). The first-order chi connectivity index (χ1) is 15.6. The molecule has 33 heavy (non-hydrogen) atoms. The monoisotopic (exact) mass is 476 g/mol. The van der Waals surface area contributed by atoms with Crippen molar-refractivity contribution in [3.8, 4) is 0 Å². The summed E-state index contributed by atoms with van der Waals surface area (Å²) < 4.78 is 27.8. The molecule has 2 aromatic rings. The number of carbonyl (C=O) groups excluding carboxylic acids is 2. The molecular formula is C23H32N4O5S. The van der Waals surface area contributed by atoms with E-state index >= 15 is 0 Å². The number of nitrogens with zero attached hydrogens (tertiary/aromatic N) is 2. The third-order valence-corrected chi connectivity index (χ3v) is 6.94. The topological polar surface area (TPSA) is 118 Å². The molecule has 10 heteroatoms. The van der Waals surface area contributed by atoms with E-state index in [1.165, 1.54) is 16.6 Å². The van der Waals surface area contributed by atoms with E-state index in [4.69, 9.17) is 0 Å². The van der Waals surface area contributed by atoms with Crippen LogP contribution in [-0.2, 0) is 32.7 Å². The molecule has 0 atom stereocenters. The zero-order valence-corrected chi connectivity index (χ0v) is 20.3. The Labute approximate surface area is 194 Å². The second kappa shape index (κ2) is 11.8. The summed E-state index contributed by atoms with van der Waals surface area (Å²) in [6, 6.07) is 9.52. The van der Waals surface area contributed by atoms with Gasteiger partial charge < -0.3 is 15.2 Å². The van der Waals surface area contributed by atoms with Gasteiger partial charge in [-0.25, -0.2) is 8.42 Å². The largest absolute Gasteiger partial charge is 0.350 e. The van der Waals surface area contributed by atoms with Crippen LogP contribution >= 0.6 is 0 Å². The highest BCUT2D eigenvalue weighted by Crippen LogP contribution is 2.14. The third-order valence-electron chi connectivity index (χ3n) is 4.91. The van der Waals surface area contributed by atoms with Gasteiger partial charge in [0.15, 0.2) is 0 Å². The highest BCUT2D eigenvalue weighted by atomic mass is 32.2. The number of aromatic nitrogens is 1. The minimum Gasteiger partial charge on any atom is -0.350 e. The Morgan fingerprint density at radius 1 is 1.06 bits per heavy atom. The standard InChI is InChI=1S/C23H32N4O5S/c1-5-27(6-2)33(31,32)20-10-11-23(30)26(15-20)16-22(29)24-14-18-8-7-9-19(13-18)25-21(28)12-17(3)4/h7-11,13,15,17H,5-6,12,14,16H2,1-4H3,(H,24,29)(H,25,28). The first kappa shape index (κ1) is 26.3. The molecule has 0 radical (unpaired) electrons. The number of carbonyl (C=O) groups is 2. The summed E-state index contributed by atoms with van der Waals surface area (Å²) in [5, 5.41) is 5.55. The summed E-state index contributed by atoms with van der Waals surface area (Å²) in [7, 11) is -3.75. The zero-order chi connectivity index (χ0) is 24.6. The van der Waals surface area contributed by atoms with Gasteiger partial charge in [-0.1, -0.05) is 39.8 Å². The predicted molar refractivity (Wildman–Crippen MR) is 127 cm³/mol. The molecule has 2 N–H and O–H groups in total. The predicted octanol–water partition coefficient (Wildman–Crippen LogP) is 2.18. The highest BCUT2D eigenvalue weighted by molar-refractivity contribution is 7.89. The fourth-order valence-electron chi connectivity index (χ4n) is 3.25. The smallest absolute Gasteiger partial charge is 0.251 e. The third kappa shape index (κ3) is 7.54. The maximum Gasteiger partial charge on any atom is 0.251 e. The fourth-order valence-corrected chi connectivity index (χ4v) is 4.73. The van der Waals surface area contributed by atoms with E-state index in [1.807, 2.05) is 19.9 Å². The van der Waals surface area contributed by atoms with Crippen LogP contribution < -0.4 is 16.2 Å². The quantitative estimate of drug-likeness (QED) is 0.515. The summed E-state index contributed by atoms with van der Waals surface area (Å²) in [6.45, 7) is 7.87. The van der Waals surface area contributed by atoms with Crippen molar-refractivity contribution in [3.63, 3.8) is 0 Å². The van der Waals surface area contributed by atoms with Crippen molar-refractivity contribution >= 4 is 27.5 Å². The molecule has 1 aromatic heterocycles. The lowest BCUT2D eigenvalue weighted by molar-refractivity contribution is -0.122. The van der Waals surface area contributed by atoms with E-state index < -0.39 is 21.5 Å². The Bertz CT molecular complexity index is 1140. The molecule has 0 saturated carbocycles. The van der Waals surface area contributed by atoms with Gasteiger partial charge in [0.05, 0.1) is 4.90 Å². The Kier molecular flexibility index (Phi) is 9.36. The summed E-state index contributed by atoms with van der Waals surface area (Å²) in [5.74, 6) is -0.273. The van der Waals surface area contributed by atoms with Crippen LogP contribution in [0.3, 0.4) is 0 Å². The minimum absolute atomic E-state index is 0.0385. The lowest BCUT2D eigenvalue weighted by atomic mass is 10.1. The molecule has 0 aliphatic rings. The second-order valence-corrected chi connectivity index (χ2v) is 9.98. The average molecular weight is 477 g/mol. The molecule has 0 saturated heterocycles. The summed E-state index contributed by atoms with van der Waals surface area (Å²) in [4.78, 5) is 36.5. The van der Waals surface area contributed by atoms with Gasteiger partial charge in [-0.2, -0.15) is 4.31 Å². The zero-order valence-electron chi connectivity index (χ0n) is 19.5. The van der Waals surface area contributed by atoms with Crippen molar-refractivity contribution in [3.05, 3.63) is 58.5 Å². The highest BCUT2D eigenvalue weighted by Gasteiger charge is 2.22. The molecule has 0 aliphatic carbocycles. The van der Waals surface area contributed by atoms with E-state index in [0.717, 1.165) is 16.2 Å². The average Bonchev–Trinajstić information content (AvgIpc) is 2.74. The number of hydrogen-bond donors (Lipinski definition) is 2. The lowest BCUT2D eigenvalue weighted by Gasteiger charge is -2.19. The van der Waals surface area contributed by atoms with Crippen molar-refractivity contribution in [2.24, 2.45) is 5.92 Å². The van der Waals surface area contributed by atoms with Gasteiger partial charge in [0.25, 0.3) is 5.56 Å². The number of pyridine rings is 1. The van der Waals surface area contributed by atoms with Crippen molar-refractivity contribution in [1.82, 2.24) is 14.2 Å². The Morgan fingerprint density at radius 3 is 2.39 bits per heavy atom. The fraction of sp³-hybridized carbons (Fsp3) is 0.435. The number of sulfonamides is 1. The Hall–Kier alpha value is -2.98. The minimum atomic E-state index is -3.75. The van der Waals surface area contributed by atoms with Gasteiger partial charge in [0.2, 0.25) is 21.8 Å². The van der Waals surface area contributed by atoms with Crippen LogP contribution in [-0.4, -0.2) is 42.2 Å². The van der Waals surface area contributed by atoms with Crippen molar-refractivity contribution in [1.29, 1.82) is 0 Å². The van der Waals surface area contributed by atoms with Crippen LogP contribution in [0.15, 0.2) is 52.3 Å². The first-order valence-electron chi connectivity index (χ1n) is 10.9. The van der Waals surface area contributed by atoms with Gasteiger partial charge in [-0.3, -0.25) is 14.4 Å². The van der Waals surface area contributed by atoms with E-state index in [2.05, 4.69) is 10.6 Å². The van der Waals surface area contributed by atoms with Gasteiger partial charge in [0.1, 0.15) is 6.54 Å². The molecule has 0 aliphatic heterocycles. The van der Waals surface area contributed by atoms with Crippen LogP contribution in [0.5, 0.6) is 0 Å². The van der Waals surface area contributed by atoms with Gasteiger partial charge in [-0.05, 0) is 29.7 Å². The van der Waals surface area contributed by atoms with E-state index in [1.54, 1.807) is 32.0 Å². The van der Waals surface area contributed by atoms with E-state index in [9.17, 15) is 22.8 Å². The molecule has 1 aromatic carbocycles. The summed E-state index contributed by atoms with van der Waals surface area (Å²) >= 11 is 0.